The summed E-state index contributed by atoms with van der Waals surface area (Å²) in [5.41, 5.74) is 3.50. The fourth-order valence-electron chi connectivity index (χ4n) is 4.38. The van der Waals surface area contributed by atoms with Crippen LogP contribution in [0.3, 0.4) is 0 Å². The van der Waals surface area contributed by atoms with E-state index in [1.165, 1.54) is 5.56 Å². The van der Waals surface area contributed by atoms with E-state index in [4.69, 9.17) is 23.6 Å². The summed E-state index contributed by atoms with van der Waals surface area (Å²) in [7, 11) is 8.51. The summed E-state index contributed by atoms with van der Waals surface area (Å²) >= 11 is 0. The average Bonchev–Trinajstić information content (AvgIpc) is 3.45. The van der Waals surface area contributed by atoms with Crippen LogP contribution in [0.1, 0.15) is 22.3 Å². The van der Waals surface area contributed by atoms with Gasteiger partial charge >= 0.3 is 0 Å². The number of rotatable bonds is 13. The van der Waals surface area contributed by atoms with Crippen LogP contribution >= 0.6 is 12.4 Å². The summed E-state index contributed by atoms with van der Waals surface area (Å²) in [5.74, 6) is 2.43. The van der Waals surface area contributed by atoms with Crippen molar-refractivity contribution in [2.75, 3.05) is 60.0 Å². The minimum absolute atomic E-state index is 0. The number of amides is 1. The van der Waals surface area contributed by atoms with Crippen molar-refractivity contribution in [3.05, 3.63) is 65.7 Å². The van der Waals surface area contributed by atoms with E-state index < -0.39 is 0 Å². The lowest BCUT2D eigenvalue weighted by atomic mass is 10.1. The quantitative estimate of drug-likeness (QED) is 0.227. The maximum absolute atomic E-state index is 13.7. The van der Waals surface area contributed by atoms with Gasteiger partial charge in [0.2, 0.25) is 0 Å². The second-order valence-corrected chi connectivity index (χ2v) is 9.06. The first-order valence-corrected chi connectivity index (χ1v) is 12.6. The third-order valence-electron chi connectivity index (χ3n) is 6.58. The first kappa shape index (κ1) is 33.1. The van der Waals surface area contributed by atoms with Gasteiger partial charge in [0, 0.05) is 30.4 Å². The van der Waals surface area contributed by atoms with Crippen molar-refractivity contribution in [3.8, 4) is 23.0 Å². The van der Waals surface area contributed by atoms with E-state index in [1.54, 1.807) is 57.6 Å². The first-order chi connectivity index (χ1) is 19.0. The van der Waals surface area contributed by atoms with Crippen molar-refractivity contribution >= 4 is 35.0 Å². The monoisotopic (exact) mass is 588 g/mol. The van der Waals surface area contributed by atoms with Crippen LogP contribution in [0.15, 0.2) is 59.2 Å². The molecule has 222 valence electrons. The van der Waals surface area contributed by atoms with Crippen LogP contribution in [0.2, 0.25) is 0 Å². The number of nitrogens with zero attached hydrogens (tertiary/aromatic N) is 4. The van der Waals surface area contributed by atoms with E-state index in [0.717, 1.165) is 31.7 Å². The Morgan fingerprint density at radius 1 is 0.756 bits per heavy atom. The predicted molar refractivity (Wildman–Crippen MR) is 159 cm³/mol. The Kier molecular flexibility index (Phi) is 12.7. The molecule has 0 bridgehead atoms. The number of ether oxygens (including phenoxy) is 4. The third kappa shape index (κ3) is 8.00. The maximum atomic E-state index is 13.7. The van der Waals surface area contributed by atoms with Crippen molar-refractivity contribution in [2.45, 2.75) is 12.8 Å². The van der Waals surface area contributed by atoms with Crippen molar-refractivity contribution < 1.29 is 33.8 Å². The van der Waals surface area contributed by atoms with Crippen molar-refractivity contribution in [1.29, 1.82) is 0 Å². The molecule has 0 aliphatic rings. The molecule has 4 aromatic rings. The summed E-state index contributed by atoms with van der Waals surface area (Å²) in [6, 6.07) is 16.6. The van der Waals surface area contributed by atoms with Crippen LogP contribution in [-0.4, -0.2) is 81.7 Å². The lowest BCUT2D eigenvalue weighted by Crippen LogP contribution is -2.34. The largest absolute Gasteiger partial charge is 0.493 e. The Bertz CT molecular complexity index is 1420. The van der Waals surface area contributed by atoms with Crippen molar-refractivity contribution in [1.82, 2.24) is 15.2 Å². The molecule has 0 atom stereocenters. The Morgan fingerprint density at radius 2 is 1.39 bits per heavy atom. The average molecular weight is 589 g/mol. The number of fused-ring (bicyclic) bond motifs is 1. The van der Waals surface area contributed by atoms with Gasteiger partial charge in [0.05, 0.1) is 28.4 Å². The van der Waals surface area contributed by atoms with E-state index in [9.17, 15) is 4.79 Å². The zero-order chi connectivity index (χ0) is 27.8. The van der Waals surface area contributed by atoms with Crippen molar-refractivity contribution in [2.24, 2.45) is 0 Å². The Labute approximate surface area is 245 Å². The summed E-state index contributed by atoms with van der Waals surface area (Å²) in [6.45, 7) is 2.16. The van der Waals surface area contributed by atoms with Gasteiger partial charge in [-0.15, -0.1) is 12.4 Å². The number of aromatic nitrogens is 2. The smallest absolute Gasteiger partial charge is 0.258 e. The number of carbonyl (C=O) groups excluding carboxylic acids is 1. The third-order valence-corrected chi connectivity index (χ3v) is 6.58. The molecule has 0 saturated heterocycles. The Hall–Kier alpha value is -4.06. The lowest BCUT2D eigenvalue weighted by molar-refractivity contribution is 0.0986. The van der Waals surface area contributed by atoms with Gasteiger partial charge in [0.1, 0.15) is 11.0 Å². The molecular formula is C29H37ClN4O7. The van der Waals surface area contributed by atoms with Crippen LogP contribution in [0, 0.1) is 0 Å². The van der Waals surface area contributed by atoms with Gasteiger partial charge in [0.15, 0.2) is 23.0 Å². The Balaban J connectivity index is 0.00000294. The molecule has 1 heterocycles. The molecule has 12 heteroatoms. The number of halogens is 1. The molecule has 41 heavy (non-hydrogen) atoms. The first-order valence-electron chi connectivity index (χ1n) is 12.6. The molecule has 4 rings (SSSR count). The van der Waals surface area contributed by atoms with E-state index in [0.29, 0.717) is 46.1 Å². The number of methoxy groups -OCH3 is 4. The number of carbonyl (C=O) groups is 1. The van der Waals surface area contributed by atoms with Crippen molar-refractivity contribution in [3.63, 3.8) is 0 Å². The zero-order valence-electron chi connectivity index (χ0n) is 23.9. The molecule has 0 spiro atoms. The molecule has 1 aromatic heterocycles. The predicted octanol–water partition coefficient (Wildman–Crippen LogP) is 4.07. The van der Waals surface area contributed by atoms with Gasteiger partial charge in [-0.05, 0) is 84.8 Å². The number of hydrogen-bond acceptors (Lipinski definition) is 9. The molecular weight excluding hydrogens is 552 g/mol. The van der Waals surface area contributed by atoms with Crippen LogP contribution in [0.4, 0.5) is 5.69 Å². The van der Waals surface area contributed by atoms with Gasteiger partial charge in [-0.25, -0.2) is 4.63 Å². The fraction of sp³-hybridized carbons (Fsp3) is 0.345. The van der Waals surface area contributed by atoms with E-state index in [2.05, 4.69) is 22.3 Å². The minimum atomic E-state index is -0.153. The summed E-state index contributed by atoms with van der Waals surface area (Å²) < 4.78 is 26.4. The summed E-state index contributed by atoms with van der Waals surface area (Å²) in [5, 5.41) is 7.71. The molecule has 0 aliphatic heterocycles. The van der Waals surface area contributed by atoms with Gasteiger partial charge in [-0.3, -0.25) is 4.79 Å². The van der Waals surface area contributed by atoms with Gasteiger partial charge in [-0.2, -0.15) is 0 Å². The standard InChI is InChI=1S/C29H34N4O6.ClH.H2O/c1-32(16-13-20-7-11-25(35-2)27(17-20)37-4)14-6-15-33(22-9-12-26(36-3)28(19-22)38-5)29(34)21-8-10-23-24(18-21)31-39-30-23;;/h7-12,17-19H,6,13-16H2,1-5H3;1H;1H2. The van der Waals surface area contributed by atoms with E-state index in [-0.39, 0.29) is 23.8 Å². The molecule has 0 aliphatic carbocycles. The van der Waals surface area contributed by atoms with E-state index in [1.807, 2.05) is 30.3 Å². The van der Waals surface area contributed by atoms with Crippen LogP contribution in [-0.2, 0) is 6.42 Å². The highest BCUT2D eigenvalue weighted by Gasteiger charge is 2.21. The molecule has 3 aromatic carbocycles. The zero-order valence-corrected chi connectivity index (χ0v) is 24.7. The van der Waals surface area contributed by atoms with Gasteiger partial charge in [0.25, 0.3) is 5.91 Å². The molecule has 0 saturated carbocycles. The highest BCUT2D eigenvalue weighted by atomic mass is 35.5. The van der Waals surface area contributed by atoms with E-state index >= 15 is 0 Å². The number of hydrogen-bond donors (Lipinski definition) is 0. The second kappa shape index (κ2) is 15.7. The highest BCUT2D eigenvalue weighted by molar-refractivity contribution is 6.07. The van der Waals surface area contributed by atoms with Crippen LogP contribution in [0.5, 0.6) is 23.0 Å². The molecule has 0 fully saturated rings. The SMILES string of the molecule is COc1ccc(CCN(C)CCCN(C(=O)c2ccc3nonc3c2)c2ccc(OC)c(OC)c2)cc1OC.Cl.O. The summed E-state index contributed by atoms with van der Waals surface area (Å²) in [4.78, 5) is 17.7. The Morgan fingerprint density at radius 3 is 2.07 bits per heavy atom. The van der Waals surface area contributed by atoms with Crippen LogP contribution < -0.4 is 23.8 Å². The number of anilines is 1. The minimum Gasteiger partial charge on any atom is -0.493 e. The highest BCUT2D eigenvalue weighted by Crippen LogP contribution is 2.32. The molecule has 11 nitrogen and oxygen atoms in total. The normalized spacial score (nSPS) is 10.5. The number of likely N-dealkylation sites (N-methyl/N-ethyl adjacent to an activating group) is 1. The summed E-state index contributed by atoms with van der Waals surface area (Å²) in [6.07, 6.45) is 1.62. The van der Waals surface area contributed by atoms with Gasteiger partial charge < -0.3 is 34.2 Å². The number of benzene rings is 3. The fourth-order valence-corrected chi connectivity index (χ4v) is 4.38. The maximum Gasteiger partial charge on any atom is 0.258 e. The second-order valence-electron chi connectivity index (χ2n) is 9.06. The molecule has 0 radical (unpaired) electrons. The van der Waals surface area contributed by atoms with Crippen LogP contribution in [0.25, 0.3) is 11.0 Å². The topological polar surface area (TPSA) is 131 Å². The lowest BCUT2D eigenvalue weighted by Gasteiger charge is -2.25. The molecule has 0 unspecified atom stereocenters. The molecule has 1 amide bonds. The van der Waals surface area contributed by atoms with Gasteiger partial charge in [-0.1, -0.05) is 6.07 Å². The molecule has 2 N–H and O–H groups in total.